The summed E-state index contributed by atoms with van der Waals surface area (Å²) in [4.78, 5) is 34.8. The Labute approximate surface area is 111 Å². The van der Waals surface area contributed by atoms with E-state index in [9.17, 15) is 14.4 Å². The molecule has 1 heterocycles. The number of aliphatic carboxylic acids is 2. The second kappa shape index (κ2) is 5.56. The van der Waals surface area contributed by atoms with Crippen LogP contribution >= 0.6 is 0 Å². The third-order valence-electron chi connectivity index (χ3n) is 2.84. The van der Waals surface area contributed by atoms with E-state index in [1.165, 1.54) is 0 Å². The summed E-state index contributed by atoms with van der Waals surface area (Å²) in [5.41, 5.74) is -0.525. The third-order valence-corrected chi connectivity index (χ3v) is 2.84. The van der Waals surface area contributed by atoms with E-state index < -0.39 is 35.4 Å². The van der Waals surface area contributed by atoms with Gasteiger partial charge in [0.15, 0.2) is 6.04 Å². The minimum absolute atomic E-state index is 0.0847. The molecule has 19 heavy (non-hydrogen) atoms. The lowest BCUT2D eigenvalue weighted by Crippen LogP contribution is -2.46. The van der Waals surface area contributed by atoms with Gasteiger partial charge in [-0.05, 0) is 20.8 Å². The number of likely N-dealkylation sites (tertiary alicyclic amines) is 1. The highest BCUT2D eigenvalue weighted by molar-refractivity contribution is 5.89. The van der Waals surface area contributed by atoms with Gasteiger partial charge in [-0.2, -0.15) is 0 Å². The molecule has 7 nitrogen and oxygen atoms in total. The van der Waals surface area contributed by atoms with Crippen molar-refractivity contribution in [1.29, 1.82) is 0 Å². The van der Waals surface area contributed by atoms with Gasteiger partial charge in [0, 0.05) is 13.0 Å². The molecule has 0 radical (unpaired) electrons. The highest BCUT2D eigenvalue weighted by atomic mass is 16.5. The van der Waals surface area contributed by atoms with Crippen molar-refractivity contribution in [2.45, 2.75) is 38.8 Å². The number of amides is 1. The van der Waals surface area contributed by atoms with E-state index in [0.717, 1.165) is 4.90 Å². The number of carbonyl (C=O) groups is 3. The Bertz CT molecular complexity index is 386. The zero-order valence-corrected chi connectivity index (χ0v) is 11.3. The molecule has 0 spiro atoms. The van der Waals surface area contributed by atoms with Crippen LogP contribution in [0.1, 0.15) is 27.2 Å². The van der Waals surface area contributed by atoms with E-state index in [1.54, 1.807) is 20.8 Å². The normalized spacial score (nSPS) is 21.5. The zero-order chi connectivity index (χ0) is 14.8. The fourth-order valence-corrected chi connectivity index (χ4v) is 1.82. The van der Waals surface area contributed by atoms with Crippen LogP contribution in [0, 0.1) is 5.92 Å². The predicted octanol–water partition coefficient (Wildman–Crippen LogP) is 0.188. The molecule has 2 atom stereocenters. The fraction of sp³-hybridized carbons (Fsp3) is 0.750. The van der Waals surface area contributed by atoms with Gasteiger partial charge < -0.3 is 19.8 Å². The van der Waals surface area contributed by atoms with Gasteiger partial charge in [0.05, 0.1) is 18.1 Å². The minimum atomic E-state index is -1.19. The number of ether oxygens (including phenoxy) is 1. The van der Waals surface area contributed by atoms with Crippen LogP contribution in [0.25, 0.3) is 0 Å². The average molecular weight is 273 g/mol. The summed E-state index contributed by atoms with van der Waals surface area (Å²) in [5.74, 6) is -3.58. The molecule has 1 aliphatic heterocycles. The molecule has 1 saturated heterocycles. The van der Waals surface area contributed by atoms with Crippen LogP contribution in [0.2, 0.25) is 0 Å². The first-order valence-corrected chi connectivity index (χ1v) is 6.01. The number of carboxylic acid groups (broad SMARTS) is 2. The van der Waals surface area contributed by atoms with Crippen molar-refractivity contribution in [2.24, 2.45) is 5.92 Å². The molecule has 1 amide bonds. The third kappa shape index (κ3) is 4.20. The second-order valence-electron chi connectivity index (χ2n) is 5.56. The molecule has 0 saturated carbocycles. The number of rotatable bonds is 5. The number of hydrogen-bond donors (Lipinski definition) is 2. The summed E-state index contributed by atoms with van der Waals surface area (Å²) in [6.07, 6.45) is -0.158. The van der Waals surface area contributed by atoms with Gasteiger partial charge in [-0.15, -0.1) is 0 Å². The van der Waals surface area contributed by atoms with E-state index in [1.807, 2.05) is 0 Å². The molecule has 0 aliphatic carbocycles. The predicted molar refractivity (Wildman–Crippen MR) is 64.6 cm³/mol. The Morgan fingerprint density at radius 1 is 1.42 bits per heavy atom. The molecule has 7 heteroatoms. The monoisotopic (exact) mass is 273 g/mol. The molecule has 0 aromatic rings. The summed E-state index contributed by atoms with van der Waals surface area (Å²) in [6.45, 7) is 5.09. The summed E-state index contributed by atoms with van der Waals surface area (Å²) < 4.78 is 5.39. The van der Waals surface area contributed by atoms with Crippen LogP contribution in [0.15, 0.2) is 0 Å². The second-order valence-corrected chi connectivity index (χ2v) is 5.56. The first-order chi connectivity index (χ1) is 8.61. The topological polar surface area (TPSA) is 104 Å². The lowest BCUT2D eigenvalue weighted by molar-refractivity contribution is -0.153. The van der Waals surface area contributed by atoms with Crippen LogP contribution in [-0.2, 0) is 19.1 Å². The summed E-state index contributed by atoms with van der Waals surface area (Å²) in [5, 5.41) is 18.0. The largest absolute Gasteiger partial charge is 0.481 e. The van der Waals surface area contributed by atoms with E-state index in [-0.39, 0.29) is 19.6 Å². The smallest absolute Gasteiger partial charge is 0.328 e. The lowest BCUT2D eigenvalue weighted by Gasteiger charge is -2.28. The van der Waals surface area contributed by atoms with Gasteiger partial charge in [-0.3, -0.25) is 9.59 Å². The van der Waals surface area contributed by atoms with Gasteiger partial charge in [0.25, 0.3) is 0 Å². The molecule has 0 bridgehead atoms. The molecule has 0 aromatic carbocycles. The Balaban J connectivity index is 2.75. The molecular formula is C12H19NO6. The maximum atomic E-state index is 11.7. The SMILES string of the molecule is CC(C)(C)OC[C@@H](C(=O)O)N1CC(C(=O)O)CC1=O. The first-order valence-electron chi connectivity index (χ1n) is 6.01. The molecule has 2 N–H and O–H groups in total. The highest BCUT2D eigenvalue weighted by Crippen LogP contribution is 2.21. The van der Waals surface area contributed by atoms with Gasteiger partial charge in [0.1, 0.15) is 0 Å². The van der Waals surface area contributed by atoms with Crippen LogP contribution in [0.5, 0.6) is 0 Å². The molecule has 1 fully saturated rings. The maximum absolute atomic E-state index is 11.7. The number of hydrogen-bond acceptors (Lipinski definition) is 4. The molecule has 108 valence electrons. The van der Waals surface area contributed by atoms with Crippen molar-refractivity contribution < 1.29 is 29.3 Å². The number of carboxylic acids is 2. The standard InChI is InChI=1S/C12H19NO6/c1-12(2,3)19-6-8(11(17)18)13-5-7(10(15)16)4-9(13)14/h7-8H,4-6H2,1-3H3,(H,15,16)(H,17,18)/t7?,8-/m0/s1. The van der Waals surface area contributed by atoms with Crippen LogP contribution in [0.4, 0.5) is 0 Å². The lowest BCUT2D eigenvalue weighted by atomic mass is 10.1. The van der Waals surface area contributed by atoms with Crippen LogP contribution in [0.3, 0.4) is 0 Å². The molecule has 1 unspecified atom stereocenters. The van der Waals surface area contributed by atoms with Gasteiger partial charge >= 0.3 is 11.9 Å². The summed E-state index contributed by atoms with van der Waals surface area (Å²) in [6, 6.07) is -1.14. The van der Waals surface area contributed by atoms with Gasteiger partial charge in [0.2, 0.25) is 5.91 Å². The molecule has 1 rings (SSSR count). The van der Waals surface area contributed by atoms with Crippen molar-refractivity contribution in [3.05, 3.63) is 0 Å². The minimum Gasteiger partial charge on any atom is -0.481 e. The van der Waals surface area contributed by atoms with Crippen molar-refractivity contribution in [2.75, 3.05) is 13.2 Å². The van der Waals surface area contributed by atoms with E-state index in [2.05, 4.69) is 0 Å². The van der Waals surface area contributed by atoms with Crippen molar-refractivity contribution >= 4 is 17.8 Å². The Hall–Kier alpha value is -1.63. The fourth-order valence-electron chi connectivity index (χ4n) is 1.82. The molecular weight excluding hydrogens is 254 g/mol. The quantitative estimate of drug-likeness (QED) is 0.741. The van der Waals surface area contributed by atoms with Crippen LogP contribution < -0.4 is 0 Å². The molecule has 0 aromatic heterocycles. The Kier molecular flexibility index (Phi) is 4.52. The summed E-state index contributed by atoms with van der Waals surface area (Å²) in [7, 11) is 0. The number of carbonyl (C=O) groups excluding carboxylic acids is 1. The Morgan fingerprint density at radius 2 is 2.00 bits per heavy atom. The van der Waals surface area contributed by atoms with Crippen molar-refractivity contribution in [3.8, 4) is 0 Å². The van der Waals surface area contributed by atoms with Gasteiger partial charge in [-0.1, -0.05) is 0 Å². The highest BCUT2D eigenvalue weighted by Gasteiger charge is 2.41. The van der Waals surface area contributed by atoms with E-state index >= 15 is 0 Å². The van der Waals surface area contributed by atoms with Gasteiger partial charge in [-0.25, -0.2) is 4.79 Å². The average Bonchev–Trinajstić information content (AvgIpc) is 2.59. The van der Waals surface area contributed by atoms with Crippen molar-refractivity contribution in [1.82, 2.24) is 4.90 Å². The summed E-state index contributed by atoms with van der Waals surface area (Å²) >= 11 is 0. The van der Waals surface area contributed by atoms with E-state index in [0.29, 0.717) is 0 Å². The zero-order valence-electron chi connectivity index (χ0n) is 11.3. The van der Waals surface area contributed by atoms with Crippen LogP contribution in [-0.4, -0.2) is 57.8 Å². The molecule has 1 aliphatic rings. The van der Waals surface area contributed by atoms with E-state index in [4.69, 9.17) is 14.9 Å². The Morgan fingerprint density at radius 3 is 2.37 bits per heavy atom. The number of nitrogens with zero attached hydrogens (tertiary/aromatic N) is 1. The van der Waals surface area contributed by atoms with Crippen molar-refractivity contribution in [3.63, 3.8) is 0 Å². The maximum Gasteiger partial charge on any atom is 0.328 e. The first kappa shape index (κ1) is 15.4.